The molecule has 1 aromatic rings. The number of aliphatic hydroxyl groups is 1. The molecule has 0 aliphatic carbocycles. The molecular formula is C12H16BrNO3. The van der Waals surface area contributed by atoms with E-state index in [4.69, 9.17) is 5.11 Å². The fourth-order valence-corrected chi connectivity index (χ4v) is 1.91. The summed E-state index contributed by atoms with van der Waals surface area (Å²) in [7, 11) is 0. The van der Waals surface area contributed by atoms with E-state index in [1.807, 2.05) is 6.92 Å². The summed E-state index contributed by atoms with van der Waals surface area (Å²) in [5.74, 6) is -0.311. The maximum atomic E-state index is 12.1. The third kappa shape index (κ3) is 3.71. The van der Waals surface area contributed by atoms with Gasteiger partial charge in [0, 0.05) is 17.6 Å². The van der Waals surface area contributed by atoms with Gasteiger partial charge in [0.25, 0.3) is 5.91 Å². The lowest BCUT2D eigenvalue weighted by molar-refractivity contribution is 0.0719. The zero-order chi connectivity index (χ0) is 12.8. The lowest BCUT2D eigenvalue weighted by Crippen LogP contribution is -2.34. The third-order valence-electron chi connectivity index (χ3n) is 2.34. The number of aliphatic hydroxyl groups excluding tert-OH is 1. The zero-order valence-electron chi connectivity index (χ0n) is 9.69. The highest BCUT2D eigenvalue weighted by Gasteiger charge is 2.17. The Kier molecular flexibility index (Phi) is 5.44. The molecule has 94 valence electrons. The first-order chi connectivity index (χ1) is 8.10. The summed E-state index contributed by atoms with van der Waals surface area (Å²) in [5, 5.41) is 18.6. The van der Waals surface area contributed by atoms with Crippen LogP contribution in [0, 0.1) is 0 Å². The summed E-state index contributed by atoms with van der Waals surface area (Å²) in [4.78, 5) is 13.6. The highest BCUT2D eigenvalue weighted by molar-refractivity contribution is 9.10. The van der Waals surface area contributed by atoms with Gasteiger partial charge in [-0.1, -0.05) is 22.9 Å². The van der Waals surface area contributed by atoms with E-state index in [9.17, 15) is 9.90 Å². The number of phenols is 1. The number of amides is 1. The molecule has 0 spiro atoms. The first-order valence-corrected chi connectivity index (χ1v) is 6.28. The van der Waals surface area contributed by atoms with Crippen molar-refractivity contribution in [3.05, 3.63) is 28.2 Å². The van der Waals surface area contributed by atoms with Crippen molar-refractivity contribution < 1.29 is 15.0 Å². The predicted octanol–water partition coefficient (Wildman–Crippen LogP) is 2.00. The van der Waals surface area contributed by atoms with Crippen LogP contribution in [0.1, 0.15) is 23.7 Å². The molecule has 5 heteroatoms. The number of aromatic hydroxyl groups is 1. The summed E-state index contributed by atoms with van der Waals surface area (Å²) >= 11 is 3.22. The molecular weight excluding hydrogens is 286 g/mol. The van der Waals surface area contributed by atoms with Gasteiger partial charge in [-0.15, -0.1) is 0 Å². The molecule has 1 rings (SSSR count). The maximum Gasteiger partial charge on any atom is 0.257 e. The van der Waals surface area contributed by atoms with Gasteiger partial charge < -0.3 is 15.1 Å². The van der Waals surface area contributed by atoms with E-state index < -0.39 is 0 Å². The Labute approximate surface area is 109 Å². The van der Waals surface area contributed by atoms with E-state index in [0.717, 1.165) is 10.9 Å². The first-order valence-electron chi connectivity index (χ1n) is 5.48. The minimum absolute atomic E-state index is 0.0524. The van der Waals surface area contributed by atoms with E-state index in [1.54, 1.807) is 12.1 Å². The largest absolute Gasteiger partial charge is 0.507 e. The lowest BCUT2D eigenvalue weighted by atomic mass is 10.1. The van der Waals surface area contributed by atoms with Crippen molar-refractivity contribution in [1.29, 1.82) is 0 Å². The molecule has 0 saturated carbocycles. The van der Waals surface area contributed by atoms with Gasteiger partial charge in [0.15, 0.2) is 0 Å². The summed E-state index contributed by atoms with van der Waals surface area (Å²) < 4.78 is 0.718. The van der Waals surface area contributed by atoms with Crippen LogP contribution < -0.4 is 0 Å². The number of rotatable bonds is 5. The number of hydrogen-bond donors (Lipinski definition) is 2. The van der Waals surface area contributed by atoms with Crippen molar-refractivity contribution in [3.63, 3.8) is 0 Å². The summed E-state index contributed by atoms with van der Waals surface area (Å²) in [6, 6.07) is 4.76. The van der Waals surface area contributed by atoms with Crippen molar-refractivity contribution >= 4 is 21.8 Å². The van der Waals surface area contributed by atoms with Gasteiger partial charge in [0.2, 0.25) is 0 Å². The number of hydrogen-bond acceptors (Lipinski definition) is 3. The van der Waals surface area contributed by atoms with Gasteiger partial charge >= 0.3 is 0 Å². The Bertz CT molecular complexity index is 389. The fourth-order valence-electron chi connectivity index (χ4n) is 1.56. The monoisotopic (exact) mass is 301 g/mol. The van der Waals surface area contributed by atoms with Crippen LogP contribution in [0.4, 0.5) is 0 Å². The van der Waals surface area contributed by atoms with Crippen LogP contribution in [0.25, 0.3) is 0 Å². The van der Waals surface area contributed by atoms with Crippen molar-refractivity contribution in [1.82, 2.24) is 4.90 Å². The highest BCUT2D eigenvalue weighted by Crippen LogP contribution is 2.23. The van der Waals surface area contributed by atoms with E-state index in [1.165, 1.54) is 11.0 Å². The Hall–Kier alpha value is -1.07. The molecule has 1 aromatic carbocycles. The topological polar surface area (TPSA) is 60.8 Å². The summed E-state index contributed by atoms with van der Waals surface area (Å²) in [5.41, 5.74) is 0.259. The van der Waals surface area contributed by atoms with Gasteiger partial charge in [-0.3, -0.25) is 4.79 Å². The second-order valence-corrected chi connectivity index (χ2v) is 4.59. The predicted molar refractivity (Wildman–Crippen MR) is 69.1 cm³/mol. The molecule has 4 nitrogen and oxygen atoms in total. The Morgan fingerprint density at radius 2 is 2.12 bits per heavy atom. The number of carbonyl (C=O) groups excluding carboxylic acids is 1. The summed E-state index contributed by atoms with van der Waals surface area (Å²) in [6.45, 7) is 2.72. The maximum absolute atomic E-state index is 12.1. The first kappa shape index (κ1) is 14.0. The van der Waals surface area contributed by atoms with Crippen LogP contribution in [0.3, 0.4) is 0 Å². The van der Waals surface area contributed by atoms with Crippen LogP contribution >= 0.6 is 15.9 Å². The molecule has 0 bridgehead atoms. The van der Waals surface area contributed by atoms with Crippen LogP contribution in [-0.2, 0) is 0 Å². The fraction of sp³-hybridized carbons (Fsp3) is 0.417. The average molecular weight is 302 g/mol. The van der Waals surface area contributed by atoms with Crippen molar-refractivity contribution in [3.8, 4) is 5.75 Å². The molecule has 0 heterocycles. The molecule has 17 heavy (non-hydrogen) atoms. The Morgan fingerprint density at radius 1 is 1.41 bits per heavy atom. The smallest absolute Gasteiger partial charge is 0.257 e. The molecule has 0 radical (unpaired) electrons. The van der Waals surface area contributed by atoms with Crippen molar-refractivity contribution in [2.45, 2.75) is 13.3 Å². The van der Waals surface area contributed by atoms with E-state index in [0.29, 0.717) is 6.54 Å². The number of phenolic OH excluding ortho intramolecular Hbond substituents is 1. The van der Waals surface area contributed by atoms with E-state index in [2.05, 4.69) is 15.9 Å². The molecule has 0 fully saturated rings. The van der Waals surface area contributed by atoms with Crippen LogP contribution in [0.5, 0.6) is 5.75 Å². The SMILES string of the molecule is CCCN(CCO)C(=O)c1ccc(Br)cc1O. The van der Waals surface area contributed by atoms with E-state index in [-0.39, 0.29) is 30.4 Å². The molecule has 1 amide bonds. The Morgan fingerprint density at radius 3 is 2.65 bits per heavy atom. The normalized spacial score (nSPS) is 10.3. The molecule has 0 aliphatic rings. The van der Waals surface area contributed by atoms with Gasteiger partial charge in [0.05, 0.1) is 12.2 Å². The molecule has 0 atom stereocenters. The van der Waals surface area contributed by atoms with E-state index >= 15 is 0 Å². The minimum atomic E-state index is -0.258. The number of nitrogens with zero attached hydrogens (tertiary/aromatic N) is 1. The van der Waals surface area contributed by atoms with Gasteiger partial charge in [-0.2, -0.15) is 0 Å². The quantitative estimate of drug-likeness (QED) is 0.874. The lowest BCUT2D eigenvalue weighted by Gasteiger charge is -2.21. The summed E-state index contributed by atoms with van der Waals surface area (Å²) in [6.07, 6.45) is 0.809. The third-order valence-corrected chi connectivity index (χ3v) is 2.83. The highest BCUT2D eigenvalue weighted by atomic mass is 79.9. The van der Waals surface area contributed by atoms with Gasteiger partial charge in [0.1, 0.15) is 5.75 Å². The standard InChI is InChI=1S/C12H16BrNO3/c1-2-5-14(6-7-15)12(17)10-4-3-9(13)8-11(10)16/h3-4,8,15-16H,2,5-7H2,1H3. The van der Waals surface area contributed by atoms with Crippen LogP contribution in [0.2, 0.25) is 0 Å². The molecule has 0 aliphatic heterocycles. The number of halogens is 1. The second kappa shape index (κ2) is 6.61. The van der Waals surface area contributed by atoms with Crippen molar-refractivity contribution in [2.24, 2.45) is 0 Å². The average Bonchev–Trinajstić information content (AvgIpc) is 2.28. The Balaban J connectivity index is 2.92. The molecule has 0 unspecified atom stereocenters. The molecule has 0 saturated heterocycles. The van der Waals surface area contributed by atoms with Gasteiger partial charge in [-0.05, 0) is 24.6 Å². The second-order valence-electron chi connectivity index (χ2n) is 3.68. The van der Waals surface area contributed by atoms with Gasteiger partial charge in [-0.25, -0.2) is 0 Å². The van der Waals surface area contributed by atoms with Crippen LogP contribution in [0.15, 0.2) is 22.7 Å². The molecule has 0 aromatic heterocycles. The van der Waals surface area contributed by atoms with Crippen LogP contribution in [-0.4, -0.2) is 40.7 Å². The minimum Gasteiger partial charge on any atom is -0.507 e. The van der Waals surface area contributed by atoms with Crippen molar-refractivity contribution in [2.75, 3.05) is 19.7 Å². The molecule has 2 N–H and O–H groups in total. The zero-order valence-corrected chi connectivity index (χ0v) is 11.3. The number of carbonyl (C=O) groups is 1. The number of benzene rings is 1.